The van der Waals surface area contributed by atoms with Gasteiger partial charge in [-0.15, -0.1) is 0 Å². The van der Waals surface area contributed by atoms with E-state index in [4.69, 9.17) is 0 Å². The van der Waals surface area contributed by atoms with Gasteiger partial charge < -0.3 is 5.32 Å². The van der Waals surface area contributed by atoms with E-state index in [0.29, 0.717) is 18.1 Å². The fourth-order valence-corrected chi connectivity index (χ4v) is 2.25. The highest BCUT2D eigenvalue weighted by Crippen LogP contribution is 2.13. The monoisotopic (exact) mass is 311 g/mol. The number of H-pyrrole nitrogens is 1. The quantitative estimate of drug-likeness (QED) is 0.715. The molecule has 3 aromatic heterocycles. The summed E-state index contributed by atoms with van der Waals surface area (Å²) in [4.78, 5) is 20.6. The van der Waals surface area contributed by atoms with Crippen molar-refractivity contribution in [3.63, 3.8) is 0 Å². The normalized spacial score (nSPS) is 12.0. The van der Waals surface area contributed by atoms with E-state index in [1.54, 1.807) is 35.5 Å². The minimum atomic E-state index is -0.326. The molecule has 0 aliphatic heterocycles. The second-order valence-corrected chi connectivity index (χ2v) is 4.97. The van der Waals surface area contributed by atoms with Gasteiger partial charge >= 0.3 is 0 Å². The van der Waals surface area contributed by atoms with Crippen LogP contribution in [-0.4, -0.2) is 35.9 Å². The smallest absolute Gasteiger partial charge is 0.245 e. The van der Waals surface area contributed by atoms with Crippen LogP contribution in [-0.2, 0) is 11.3 Å². The highest BCUT2D eigenvalue weighted by atomic mass is 16.2. The summed E-state index contributed by atoms with van der Waals surface area (Å²) in [6.45, 7) is 2.23. The van der Waals surface area contributed by atoms with Gasteiger partial charge in [0.1, 0.15) is 11.9 Å². The third-order valence-corrected chi connectivity index (χ3v) is 3.43. The van der Waals surface area contributed by atoms with Gasteiger partial charge in [-0.1, -0.05) is 6.92 Å². The van der Waals surface area contributed by atoms with Crippen LogP contribution in [0.3, 0.4) is 0 Å². The standard InChI is InChI=1S/C15H17N7O/c1-2-12(22-9-3-6-18-22)15(23)17-10-13-19-14(21-20-13)11-4-7-16-8-5-11/h3-9,12H,2,10H2,1H3,(H,17,23)(H,19,20,21). The Morgan fingerprint density at radius 2 is 2.17 bits per heavy atom. The molecule has 8 nitrogen and oxygen atoms in total. The van der Waals surface area contributed by atoms with Crippen molar-refractivity contribution in [2.75, 3.05) is 0 Å². The van der Waals surface area contributed by atoms with Crippen molar-refractivity contribution in [2.24, 2.45) is 0 Å². The second-order valence-electron chi connectivity index (χ2n) is 4.97. The maximum absolute atomic E-state index is 12.3. The van der Waals surface area contributed by atoms with Crippen LogP contribution in [0.1, 0.15) is 25.2 Å². The van der Waals surface area contributed by atoms with Crippen LogP contribution in [0.15, 0.2) is 43.0 Å². The van der Waals surface area contributed by atoms with Gasteiger partial charge in [0.2, 0.25) is 5.91 Å². The summed E-state index contributed by atoms with van der Waals surface area (Å²) in [6, 6.07) is 5.13. The predicted molar refractivity (Wildman–Crippen MR) is 83.0 cm³/mol. The summed E-state index contributed by atoms with van der Waals surface area (Å²) < 4.78 is 1.65. The van der Waals surface area contributed by atoms with Gasteiger partial charge in [-0.2, -0.15) is 10.2 Å². The Labute approximate surface area is 133 Å². The SMILES string of the molecule is CCC(C(=O)NCc1nc(-c2ccncc2)n[nH]1)n1cccn1. The topological polar surface area (TPSA) is 101 Å². The van der Waals surface area contributed by atoms with Crippen LogP contribution in [0, 0.1) is 0 Å². The minimum absolute atomic E-state index is 0.0990. The molecular weight excluding hydrogens is 294 g/mol. The largest absolute Gasteiger partial charge is 0.347 e. The molecule has 1 atom stereocenters. The van der Waals surface area contributed by atoms with Crippen molar-refractivity contribution in [1.82, 2.24) is 35.3 Å². The number of nitrogens with zero attached hydrogens (tertiary/aromatic N) is 5. The molecule has 8 heteroatoms. The number of aromatic amines is 1. The Morgan fingerprint density at radius 3 is 2.87 bits per heavy atom. The van der Waals surface area contributed by atoms with E-state index in [-0.39, 0.29) is 18.5 Å². The molecule has 23 heavy (non-hydrogen) atoms. The summed E-state index contributed by atoms with van der Waals surface area (Å²) >= 11 is 0. The lowest BCUT2D eigenvalue weighted by atomic mass is 10.2. The molecule has 0 bridgehead atoms. The van der Waals surface area contributed by atoms with Crippen LogP contribution in [0.25, 0.3) is 11.4 Å². The van der Waals surface area contributed by atoms with Crippen molar-refractivity contribution < 1.29 is 4.79 Å². The van der Waals surface area contributed by atoms with Crippen molar-refractivity contribution in [1.29, 1.82) is 0 Å². The number of aromatic nitrogens is 6. The zero-order valence-electron chi connectivity index (χ0n) is 12.7. The minimum Gasteiger partial charge on any atom is -0.347 e. The molecule has 1 unspecified atom stereocenters. The highest BCUT2D eigenvalue weighted by molar-refractivity contribution is 5.80. The maximum Gasteiger partial charge on any atom is 0.245 e. The zero-order chi connectivity index (χ0) is 16.1. The average molecular weight is 311 g/mol. The predicted octanol–water partition coefficient (Wildman–Crippen LogP) is 1.33. The fourth-order valence-electron chi connectivity index (χ4n) is 2.25. The average Bonchev–Trinajstić information content (AvgIpc) is 3.26. The molecule has 0 aliphatic carbocycles. The molecule has 3 aromatic rings. The van der Waals surface area contributed by atoms with Crippen molar-refractivity contribution in [2.45, 2.75) is 25.9 Å². The molecule has 1 amide bonds. The van der Waals surface area contributed by atoms with E-state index in [0.717, 1.165) is 5.56 Å². The first-order valence-corrected chi connectivity index (χ1v) is 7.36. The summed E-state index contributed by atoms with van der Waals surface area (Å²) in [5.74, 6) is 1.08. The van der Waals surface area contributed by atoms with Crippen LogP contribution < -0.4 is 5.32 Å². The van der Waals surface area contributed by atoms with E-state index in [2.05, 4.69) is 30.6 Å². The molecule has 3 heterocycles. The second kappa shape index (κ2) is 6.82. The first-order chi connectivity index (χ1) is 11.3. The number of pyridine rings is 1. The number of amides is 1. The summed E-state index contributed by atoms with van der Waals surface area (Å²) in [7, 11) is 0. The number of nitrogens with one attached hydrogen (secondary N) is 2. The van der Waals surface area contributed by atoms with Gasteiger partial charge in [0.25, 0.3) is 0 Å². The third-order valence-electron chi connectivity index (χ3n) is 3.43. The first-order valence-electron chi connectivity index (χ1n) is 7.36. The lowest BCUT2D eigenvalue weighted by Crippen LogP contribution is -2.32. The Morgan fingerprint density at radius 1 is 1.35 bits per heavy atom. The maximum atomic E-state index is 12.3. The molecule has 0 radical (unpaired) electrons. The van der Waals surface area contributed by atoms with E-state index < -0.39 is 0 Å². The molecule has 0 fully saturated rings. The van der Waals surface area contributed by atoms with Gasteiger partial charge in [0.15, 0.2) is 5.82 Å². The van der Waals surface area contributed by atoms with Crippen molar-refractivity contribution in [3.8, 4) is 11.4 Å². The highest BCUT2D eigenvalue weighted by Gasteiger charge is 2.18. The van der Waals surface area contributed by atoms with Crippen LogP contribution in [0.5, 0.6) is 0 Å². The van der Waals surface area contributed by atoms with E-state index in [1.807, 2.05) is 19.1 Å². The molecule has 0 spiro atoms. The van der Waals surface area contributed by atoms with E-state index >= 15 is 0 Å². The Kier molecular flexibility index (Phi) is 4.41. The number of carbonyl (C=O) groups is 1. The molecule has 0 aromatic carbocycles. The number of carbonyl (C=O) groups excluding carboxylic acids is 1. The van der Waals surface area contributed by atoms with Crippen LogP contribution in [0.4, 0.5) is 0 Å². The van der Waals surface area contributed by atoms with Gasteiger partial charge in [0.05, 0.1) is 6.54 Å². The number of hydrogen-bond donors (Lipinski definition) is 2. The fraction of sp³-hybridized carbons (Fsp3) is 0.267. The molecule has 3 rings (SSSR count). The van der Waals surface area contributed by atoms with Gasteiger partial charge in [-0.05, 0) is 24.6 Å². The van der Waals surface area contributed by atoms with Gasteiger partial charge in [-0.25, -0.2) is 4.98 Å². The van der Waals surface area contributed by atoms with Crippen LogP contribution >= 0.6 is 0 Å². The summed E-state index contributed by atoms with van der Waals surface area (Å²) in [5.41, 5.74) is 0.872. The van der Waals surface area contributed by atoms with Crippen LogP contribution in [0.2, 0.25) is 0 Å². The summed E-state index contributed by atoms with van der Waals surface area (Å²) in [5, 5.41) is 14.0. The van der Waals surface area contributed by atoms with Gasteiger partial charge in [0, 0.05) is 30.4 Å². The zero-order valence-corrected chi connectivity index (χ0v) is 12.7. The first kappa shape index (κ1) is 14.9. The molecule has 0 saturated carbocycles. The van der Waals surface area contributed by atoms with Crippen molar-refractivity contribution in [3.05, 3.63) is 48.8 Å². The molecular formula is C15H17N7O. The molecule has 2 N–H and O–H groups in total. The number of rotatable bonds is 6. The molecule has 118 valence electrons. The third kappa shape index (κ3) is 3.42. The Hall–Kier alpha value is -3.03. The van der Waals surface area contributed by atoms with Gasteiger partial charge in [-0.3, -0.25) is 19.6 Å². The van der Waals surface area contributed by atoms with E-state index in [9.17, 15) is 4.79 Å². The Bertz CT molecular complexity index is 751. The number of hydrogen-bond acceptors (Lipinski definition) is 5. The molecule has 0 aliphatic rings. The Balaban J connectivity index is 1.62. The molecule has 0 saturated heterocycles. The lowest BCUT2D eigenvalue weighted by molar-refractivity contribution is -0.124. The summed E-state index contributed by atoms with van der Waals surface area (Å²) in [6.07, 6.45) is 7.47. The van der Waals surface area contributed by atoms with Crippen molar-refractivity contribution >= 4 is 5.91 Å². The van der Waals surface area contributed by atoms with E-state index in [1.165, 1.54) is 0 Å². The lowest BCUT2D eigenvalue weighted by Gasteiger charge is -2.14.